The van der Waals surface area contributed by atoms with Gasteiger partial charge in [-0.2, -0.15) is 0 Å². The second-order valence-corrected chi connectivity index (χ2v) is 5.58. The molecule has 0 aliphatic rings. The van der Waals surface area contributed by atoms with Gasteiger partial charge in [-0.1, -0.05) is 17.8 Å². The van der Waals surface area contributed by atoms with Crippen molar-refractivity contribution in [1.82, 2.24) is 4.57 Å². The molecule has 0 bridgehead atoms. The predicted octanol–water partition coefficient (Wildman–Crippen LogP) is 3.26. The summed E-state index contributed by atoms with van der Waals surface area (Å²) < 4.78 is 8.06. The maximum Gasteiger partial charge on any atom is 0.325 e. The summed E-state index contributed by atoms with van der Waals surface area (Å²) in [6.07, 6.45) is 1.90. The molecule has 17 heavy (non-hydrogen) atoms. The molecule has 2 rings (SSSR count). The van der Waals surface area contributed by atoms with Gasteiger partial charge in [-0.15, -0.1) is 11.3 Å². The number of esters is 1. The van der Waals surface area contributed by atoms with E-state index in [4.69, 9.17) is 4.74 Å². The number of ether oxygens (including phenoxy) is 1. The Bertz CT molecular complexity index is 476. The van der Waals surface area contributed by atoms with Crippen LogP contribution in [0.1, 0.15) is 6.92 Å². The van der Waals surface area contributed by atoms with Gasteiger partial charge in [0.2, 0.25) is 0 Å². The Morgan fingerprint density at radius 3 is 3.06 bits per heavy atom. The molecule has 90 valence electrons. The molecule has 0 amide bonds. The summed E-state index contributed by atoms with van der Waals surface area (Å²) in [5, 5.41) is 3.10. The summed E-state index contributed by atoms with van der Waals surface area (Å²) in [6.45, 7) is 2.51. The third-order valence-corrected chi connectivity index (χ3v) is 4.21. The third-order valence-electron chi connectivity index (χ3n) is 2.09. The molecular weight excluding hydrogens is 254 g/mol. The fourth-order valence-corrected chi connectivity index (χ4v) is 3.20. The monoisotopic (exact) mass is 267 g/mol. The van der Waals surface area contributed by atoms with Crippen LogP contribution in [0, 0.1) is 0 Å². The fraction of sp³-hybridized carbons (Fsp3) is 0.250. The van der Waals surface area contributed by atoms with Gasteiger partial charge in [-0.05, 0) is 30.5 Å². The smallest absolute Gasteiger partial charge is 0.325 e. The summed E-state index contributed by atoms with van der Waals surface area (Å²) in [6, 6.07) is 8.03. The molecule has 0 radical (unpaired) electrons. The highest BCUT2D eigenvalue weighted by Gasteiger charge is 2.08. The first-order valence-electron chi connectivity index (χ1n) is 5.31. The van der Waals surface area contributed by atoms with Crippen molar-refractivity contribution in [3.05, 3.63) is 35.8 Å². The van der Waals surface area contributed by atoms with Crippen LogP contribution in [0.25, 0.3) is 0 Å². The maximum atomic E-state index is 11.4. The zero-order valence-electron chi connectivity index (χ0n) is 9.46. The molecule has 0 fully saturated rings. The second-order valence-electron chi connectivity index (χ2n) is 3.31. The van der Waals surface area contributed by atoms with Crippen LogP contribution in [0.4, 0.5) is 0 Å². The Morgan fingerprint density at radius 2 is 2.35 bits per heavy atom. The van der Waals surface area contributed by atoms with Crippen LogP contribution in [-0.4, -0.2) is 17.1 Å². The SMILES string of the molecule is CCOC(=O)Cn1cccc1Sc1cccs1. The molecule has 0 atom stereocenters. The van der Waals surface area contributed by atoms with E-state index in [1.165, 1.54) is 4.21 Å². The molecule has 0 saturated heterocycles. The summed E-state index contributed by atoms with van der Waals surface area (Å²) >= 11 is 3.35. The molecule has 2 aromatic rings. The quantitative estimate of drug-likeness (QED) is 0.779. The molecule has 0 aromatic carbocycles. The molecule has 2 heterocycles. The van der Waals surface area contributed by atoms with Gasteiger partial charge in [0.1, 0.15) is 6.54 Å². The fourth-order valence-electron chi connectivity index (χ4n) is 1.39. The second kappa shape index (κ2) is 5.93. The Hall–Kier alpha value is -1.20. The Balaban J connectivity index is 2.04. The topological polar surface area (TPSA) is 31.2 Å². The van der Waals surface area contributed by atoms with Crippen molar-refractivity contribution < 1.29 is 9.53 Å². The standard InChI is InChI=1S/C12H13NO2S2/c1-2-15-11(14)9-13-7-3-5-10(13)17-12-6-4-8-16-12/h3-8H,2,9H2,1H3. The number of hydrogen-bond donors (Lipinski definition) is 0. The first kappa shape index (κ1) is 12.3. The number of thiophene rings is 1. The van der Waals surface area contributed by atoms with Crippen LogP contribution in [0.5, 0.6) is 0 Å². The minimum Gasteiger partial charge on any atom is -0.465 e. The van der Waals surface area contributed by atoms with Gasteiger partial charge in [0.05, 0.1) is 15.8 Å². The van der Waals surface area contributed by atoms with E-state index in [0.717, 1.165) is 5.03 Å². The van der Waals surface area contributed by atoms with Crippen molar-refractivity contribution in [1.29, 1.82) is 0 Å². The molecule has 3 nitrogen and oxygen atoms in total. The average molecular weight is 267 g/mol. The van der Waals surface area contributed by atoms with Crippen molar-refractivity contribution >= 4 is 29.1 Å². The van der Waals surface area contributed by atoms with Gasteiger partial charge in [0, 0.05) is 6.20 Å². The van der Waals surface area contributed by atoms with Crippen molar-refractivity contribution in [3.63, 3.8) is 0 Å². The van der Waals surface area contributed by atoms with Crippen LogP contribution >= 0.6 is 23.1 Å². The first-order valence-corrected chi connectivity index (χ1v) is 7.01. The maximum absolute atomic E-state index is 11.4. The van der Waals surface area contributed by atoms with E-state index < -0.39 is 0 Å². The number of nitrogens with zero attached hydrogens (tertiary/aromatic N) is 1. The summed E-state index contributed by atoms with van der Waals surface area (Å²) in [7, 11) is 0. The van der Waals surface area contributed by atoms with E-state index in [-0.39, 0.29) is 12.5 Å². The Labute approximate surface area is 108 Å². The molecular formula is C12H13NO2S2. The predicted molar refractivity (Wildman–Crippen MR) is 69.5 cm³/mol. The van der Waals surface area contributed by atoms with E-state index >= 15 is 0 Å². The van der Waals surface area contributed by atoms with Gasteiger partial charge in [-0.3, -0.25) is 4.79 Å². The summed E-state index contributed by atoms with van der Waals surface area (Å²) in [5.41, 5.74) is 0. The lowest BCUT2D eigenvalue weighted by atomic mass is 10.6. The van der Waals surface area contributed by atoms with E-state index in [1.54, 1.807) is 23.1 Å². The molecule has 0 aliphatic carbocycles. The highest BCUT2D eigenvalue weighted by molar-refractivity contribution is 8.01. The molecule has 5 heteroatoms. The van der Waals surface area contributed by atoms with Crippen LogP contribution in [-0.2, 0) is 16.1 Å². The molecule has 0 unspecified atom stereocenters. The zero-order valence-corrected chi connectivity index (χ0v) is 11.1. The normalized spacial score (nSPS) is 10.4. The van der Waals surface area contributed by atoms with Crippen molar-refractivity contribution in [2.45, 2.75) is 22.7 Å². The molecule has 0 spiro atoms. The lowest BCUT2D eigenvalue weighted by Crippen LogP contribution is -2.13. The summed E-state index contributed by atoms with van der Waals surface area (Å²) in [5.74, 6) is -0.197. The van der Waals surface area contributed by atoms with Crippen molar-refractivity contribution in [2.24, 2.45) is 0 Å². The highest BCUT2D eigenvalue weighted by Crippen LogP contribution is 2.31. The summed E-state index contributed by atoms with van der Waals surface area (Å²) in [4.78, 5) is 11.4. The molecule has 0 aliphatic heterocycles. The van der Waals surface area contributed by atoms with Gasteiger partial charge in [-0.25, -0.2) is 0 Å². The van der Waals surface area contributed by atoms with Crippen LogP contribution in [0.2, 0.25) is 0 Å². The van der Waals surface area contributed by atoms with E-state index in [2.05, 4.69) is 6.07 Å². The van der Waals surface area contributed by atoms with Gasteiger partial charge in [0.25, 0.3) is 0 Å². The van der Waals surface area contributed by atoms with Gasteiger partial charge in [0.15, 0.2) is 0 Å². The number of carbonyl (C=O) groups is 1. The molecule has 2 aromatic heterocycles. The molecule has 0 saturated carbocycles. The van der Waals surface area contributed by atoms with E-state index in [0.29, 0.717) is 6.61 Å². The minimum atomic E-state index is -0.197. The Morgan fingerprint density at radius 1 is 1.47 bits per heavy atom. The minimum absolute atomic E-state index is 0.197. The van der Waals surface area contributed by atoms with Crippen LogP contribution < -0.4 is 0 Å². The van der Waals surface area contributed by atoms with Crippen molar-refractivity contribution in [3.8, 4) is 0 Å². The lowest BCUT2D eigenvalue weighted by Gasteiger charge is -2.07. The molecule has 0 N–H and O–H groups in total. The van der Waals surface area contributed by atoms with Gasteiger partial charge < -0.3 is 9.30 Å². The third kappa shape index (κ3) is 3.38. The largest absolute Gasteiger partial charge is 0.465 e. The van der Waals surface area contributed by atoms with Gasteiger partial charge >= 0.3 is 5.97 Å². The van der Waals surface area contributed by atoms with E-state index in [9.17, 15) is 4.79 Å². The number of rotatable bonds is 5. The number of carbonyl (C=O) groups excluding carboxylic acids is 1. The highest BCUT2D eigenvalue weighted by atomic mass is 32.2. The van der Waals surface area contributed by atoms with Crippen LogP contribution in [0.15, 0.2) is 45.1 Å². The average Bonchev–Trinajstić information content (AvgIpc) is 2.92. The first-order chi connectivity index (χ1) is 8.29. The lowest BCUT2D eigenvalue weighted by molar-refractivity contribution is -0.143. The zero-order chi connectivity index (χ0) is 12.1. The number of aromatic nitrogens is 1. The Kier molecular flexibility index (Phi) is 4.28. The number of hydrogen-bond acceptors (Lipinski definition) is 4. The van der Waals surface area contributed by atoms with Crippen LogP contribution in [0.3, 0.4) is 0 Å². The van der Waals surface area contributed by atoms with Crippen molar-refractivity contribution in [2.75, 3.05) is 6.61 Å². The van der Waals surface area contributed by atoms with E-state index in [1.807, 2.05) is 41.3 Å².